The maximum absolute atomic E-state index is 13.5. The quantitative estimate of drug-likeness (QED) is 0.321. The molecule has 174 valence electrons. The van der Waals surface area contributed by atoms with Gasteiger partial charge in [0.1, 0.15) is 12.1 Å². The minimum Gasteiger partial charge on any atom is -0.480 e. The highest BCUT2D eigenvalue weighted by Crippen LogP contribution is 2.43. The second-order valence-corrected chi connectivity index (χ2v) is 9.54. The number of hydrogen-bond donors (Lipinski definition) is 4. The van der Waals surface area contributed by atoms with Crippen LogP contribution in [0, 0.1) is 0 Å². The van der Waals surface area contributed by atoms with Gasteiger partial charge in [0.25, 0.3) is 11.8 Å². The van der Waals surface area contributed by atoms with Crippen molar-refractivity contribution in [3.05, 3.63) is 91.9 Å². The summed E-state index contributed by atoms with van der Waals surface area (Å²) in [7, 11) is 0. The number of halogens is 3. The molecule has 3 aromatic rings. The molecule has 10 heteroatoms. The predicted molar refractivity (Wildman–Crippen MR) is 135 cm³/mol. The molecule has 7 nitrogen and oxygen atoms in total. The first-order valence-corrected chi connectivity index (χ1v) is 11.7. The Balaban J connectivity index is 1.83. The van der Waals surface area contributed by atoms with Crippen LogP contribution in [0.2, 0.25) is 10.0 Å². The van der Waals surface area contributed by atoms with E-state index in [2.05, 4.69) is 31.9 Å². The molecular weight excluding hydrogens is 545 g/mol. The summed E-state index contributed by atoms with van der Waals surface area (Å²) in [4.78, 5) is 37.2. The number of rotatable bonds is 7. The maximum Gasteiger partial charge on any atom is 0.322 e. The summed E-state index contributed by atoms with van der Waals surface area (Å²) in [6, 6.07) is 17.2. The Kier molecular flexibility index (Phi) is 6.84. The average molecular weight is 563 g/mol. The Morgan fingerprint density at radius 2 is 1.79 bits per heavy atom. The molecule has 1 atom stereocenters. The first kappa shape index (κ1) is 24.1. The van der Waals surface area contributed by atoms with Gasteiger partial charge >= 0.3 is 5.97 Å². The molecule has 0 fully saturated rings. The third kappa shape index (κ3) is 4.89. The molecule has 1 heterocycles. The summed E-state index contributed by atoms with van der Waals surface area (Å²) < 4.78 is 0.664. The van der Waals surface area contributed by atoms with Crippen molar-refractivity contribution in [2.24, 2.45) is 0 Å². The molecule has 1 unspecified atom stereocenters. The Morgan fingerprint density at radius 1 is 1.03 bits per heavy atom. The molecule has 4 N–H and O–H groups in total. The highest BCUT2D eigenvalue weighted by molar-refractivity contribution is 9.10. The van der Waals surface area contributed by atoms with Gasteiger partial charge in [0, 0.05) is 37.9 Å². The third-order valence-electron chi connectivity index (χ3n) is 5.41. The number of carboxylic acid groups (broad SMARTS) is 1. The van der Waals surface area contributed by atoms with E-state index in [0.29, 0.717) is 31.5 Å². The largest absolute Gasteiger partial charge is 0.480 e. The van der Waals surface area contributed by atoms with Crippen LogP contribution in [0.5, 0.6) is 0 Å². The molecule has 0 saturated carbocycles. The Morgan fingerprint density at radius 3 is 2.53 bits per heavy atom. The molecule has 2 amide bonds. The molecule has 0 aliphatic carbocycles. The van der Waals surface area contributed by atoms with Crippen molar-refractivity contribution in [2.45, 2.75) is 12.0 Å². The molecular formula is C24H18BrCl2N3O4. The summed E-state index contributed by atoms with van der Waals surface area (Å²) in [5.74, 6) is -2.09. The summed E-state index contributed by atoms with van der Waals surface area (Å²) in [6.07, 6.45) is 0.219. The maximum atomic E-state index is 13.5. The number of fused-ring (bicyclic) bond motifs is 1. The fourth-order valence-electron chi connectivity index (χ4n) is 3.94. The minimum absolute atomic E-state index is 0.185. The standard InChI is InChI=1S/C24H18BrCl2N3O4/c25-14-4-6-17(22(33)28-12-21(31)32)19(9-14)30-24(11-13-2-1-3-15(26)8-13)18-7-5-16(27)10-20(18)29-23(24)34/h1-10,30H,11-12H2,(H,28,33)(H,29,34)(H,31,32). The zero-order valence-electron chi connectivity index (χ0n) is 17.5. The van der Waals surface area contributed by atoms with Crippen molar-refractivity contribution in [1.29, 1.82) is 0 Å². The topological polar surface area (TPSA) is 108 Å². The molecule has 0 bridgehead atoms. The van der Waals surface area contributed by atoms with Gasteiger partial charge in [-0.05, 0) is 48.0 Å². The van der Waals surface area contributed by atoms with Gasteiger partial charge < -0.3 is 21.1 Å². The van der Waals surface area contributed by atoms with Gasteiger partial charge in [0.05, 0.1) is 5.56 Å². The van der Waals surface area contributed by atoms with Gasteiger partial charge in [0.2, 0.25) is 0 Å². The Bertz CT molecular complexity index is 1320. The van der Waals surface area contributed by atoms with Crippen LogP contribution in [-0.4, -0.2) is 29.4 Å². The van der Waals surface area contributed by atoms with Crippen molar-refractivity contribution in [3.8, 4) is 0 Å². The van der Waals surface area contributed by atoms with E-state index in [0.717, 1.165) is 5.56 Å². The van der Waals surface area contributed by atoms with Crippen LogP contribution in [0.15, 0.2) is 65.1 Å². The summed E-state index contributed by atoms with van der Waals surface area (Å²) in [5.41, 5.74) is 1.23. The molecule has 0 aromatic heterocycles. The van der Waals surface area contributed by atoms with Crippen molar-refractivity contribution in [1.82, 2.24) is 5.32 Å². The second kappa shape index (κ2) is 9.66. The normalized spacial score (nSPS) is 16.5. The van der Waals surface area contributed by atoms with Crippen molar-refractivity contribution >= 4 is 68.3 Å². The van der Waals surface area contributed by atoms with E-state index in [4.69, 9.17) is 28.3 Å². The molecule has 34 heavy (non-hydrogen) atoms. The molecule has 0 spiro atoms. The smallest absolute Gasteiger partial charge is 0.322 e. The fourth-order valence-corrected chi connectivity index (χ4v) is 4.69. The van der Waals surface area contributed by atoms with Crippen LogP contribution < -0.4 is 16.0 Å². The molecule has 0 saturated heterocycles. The van der Waals surface area contributed by atoms with Crippen molar-refractivity contribution < 1.29 is 19.5 Å². The van der Waals surface area contributed by atoms with Crippen LogP contribution in [0.25, 0.3) is 0 Å². The first-order chi connectivity index (χ1) is 16.2. The number of carbonyl (C=O) groups excluding carboxylic acids is 2. The summed E-state index contributed by atoms with van der Waals surface area (Å²) in [5, 5.41) is 18.5. The number of carbonyl (C=O) groups is 3. The van der Waals surface area contributed by atoms with E-state index in [1.807, 2.05) is 6.07 Å². The van der Waals surface area contributed by atoms with E-state index in [-0.39, 0.29) is 17.9 Å². The Labute approximate surface area is 213 Å². The molecule has 1 aliphatic rings. The van der Waals surface area contributed by atoms with Crippen molar-refractivity contribution in [3.63, 3.8) is 0 Å². The number of nitrogens with one attached hydrogen (secondary N) is 3. The molecule has 0 radical (unpaired) electrons. The van der Waals surface area contributed by atoms with E-state index in [1.54, 1.807) is 54.6 Å². The number of carboxylic acids is 1. The van der Waals surface area contributed by atoms with Crippen molar-refractivity contribution in [2.75, 3.05) is 17.2 Å². The number of benzene rings is 3. The lowest BCUT2D eigenvalue weighted by Crippen LogP contribution is -2.45. The lowest BCUT2D eigenvalue weighted by atomic mass is 9.84. The first-order valence-electron chi connectivity index (χ1n) is 10.1. The molecule has 4 rings (SSSR count). The van der Waals surface area contributed by atoms with Gasteiger partial charge in [-0.2, -0.15) is 0 Å². The molecule has 3 aromatic carbocycles. The van der Waals surface area contributed by atoms with E-state index < -0.39 is 24.0 Å². The van der Waals surface area contributed by atoms with E-state index >= 15 is 0 Å². The fraction of sp³-hybridized carbons (Fsp3) is 0.125. The number of anilines is 2. The second-order valence-electron chi connectivity index (χ2n) is 7.75. The SMILES string of the molecule is O=C(O)CNC(=O)c1ccc(Br)cc1NC1(Cc2cccc(Cl)c2)C(=O)Nc2cc(Cl)ccc21. The van der Waals surface area contributed by atoms with Crippen LogP contribution in [0.4, 0.5) is 11.4 Å². The Hall–Kier alpha value is -3.07. The highest BCUT2D eigenvalue weighted by Gasteiger charge is 2.47. The van der Waals surface area contributed by atoms with Gasteiger partial charge in [0.15, 0.2) is 0 Å². The zero-order valence-corrected chi connectivity index (χ0v) is 20.6. The zero-order chi connectivity index (χ0) is 24.5. The minimum atomic E-state index is -1.30. The highest BCUT2D eigenvalue weighted by atomic mass is 79.9. The number of amides is 2. The van der Waals surface area contributed by atoms with E-state index in [9.17, 15) is 14.4 Å². The van der Waals surface area contributed by atoms with Gasteiger partial charge in [-0.3, -0.25) is 14.4 Å². The monoisotopic (exact) mass is 561 g/mol. The lowest BCUT2D eigenvalue weighted by molar-refractivity contribution is -0.135. The van der Waals surface area contributed by atoms with Gasteiger partial charge in [-0.1, -0.05) is 57.3 Å². The lowest BCUT2D eigenvalue weighted by Gasteiger charge is -2.31. The average Bonchev–Trinajstić information content (AvgIpc) is 3.02. The summed E-state index contributed by atoms with van der Waals surface area (Å²) >= 11 is 15.8. The van der Waals surface area contributed by atoms with Crippen LogP contribution >= 0.6 is 39.1 Å². The number of aliphatic carboxylic acids is 1. The van der Waals surface area contributed by atoms with Gasteiger partial charge in [-0.25, -0.2) is 0 Å². The van der Waals surface area contributed by atoms with Crippen LogP contribution in [0.3, 0.4) is 0 Å². The van der Waals surface area contributed by atoms with Crippen LogP contribution in [0.1, 0.15) is 21.5 Å². The number of hydrogen-bond acceptors (Lipinski definition) is 4. The van der Waals surface area contributed by atoms with E-state index in [1.165, 1.54) is 0 Å². The van der Waals surface area contributed by atoms with Crippen LogP contribution in [-0.2, 0) is 21.5 Å². The van der Waals surface area contributed by atoms with Gasteiger partial charge in [-0.15, -0.1) is 0 Å². The summed E-state index contributed by atoms with van der Waals surface area (Å²) in [6.45, 7) is -0.538. The predicted octanol–water partition coefficient (Wildman–Crippen LogP) is 5.07. The third-order valence-corrected chi connectivity index (χ3v) is 6.37. The molecule has 1 aliphatic heterocycles.